The molecule has 0 saturated carbocycles. The number of likely N-dealkylation sites (tertiary alicyclic amines) is 1. The molecule has 1 unspecified atom stereocenters. The highest BCUT2D eigenvalue weighted by molar-refractivity contribution is 6.35. The standard InChI is InChI=1S/C16H18Cl2N2O4/c1-19(15(22)12-7-11(17)4-5-13(12)18)9-14(21)20-6-2-3-10(8-20)16(23)24/h4-5,7,10H,2-3,6,8-9H2,1H3,(H,23,24). The van der Waals surface area contributed by atoms with Crippen LogP contribution in [0.25, 0.3) is 0 Å². The Morgan fingerprint density at radius 2 is 2.04 bits per heavy atom. The highest BCUT2D eigenvalue weighted by atomic mass is 35.5. The first kappa shape index (κ1) is 18.5. The summed E-state index contributed by atoms with van der Waals surface area (Å²) in [6, 6.07) is 4.55. The van der Waals surface area contributed by atoms with Gasteiger partial charge in [-0.05, 0) is 31.0 Å². The maximum Gasteiger partial charge on any atom is 0.308 e. The SMILES string of the molecule is CN(CC(=O)N1CCCC(C(=O)O)C1)C(=O)c1cc(Cl)ccc1Cl. The van der Waals surface area contributed by atoms with Gasteiger partial charge in [0.15, 0.2) is 0 Å². The third-order valence-electron chi connectivity index (χ3n) is 4.00. The van der Waals surface area contributed by atoms with Crippen LogP contribution in [-0.4, -0.2) is 59.4 Å². The van der Waals surface area contributed by atoms with Gasteiger partial charge in [0, 0.05) is 25.2 Å². The number of aliphatic carboxylic acids is 1. The van der Waals surface area contributed by atoms with E-state index in [0.29, 0.717) is 24.4 Å². The fourth-order valence-corrected chi connectivity index (χ4v) is 3.02. The first-order chi connectivity index (χ1) is 11.3. The Morgan fingerprint density at radius 1 is 1.33 bits per heavy atom. The van der Waals surface area contributed by atoms with Gasteiger partial charge >= 0.3 is 5.97 Å². The Labute approximate surface area is 149 Å². The van der Waals surface area contributed by atoms with E-state index in [2.05, 4.69) is 0 Å². The van der Waals surface area contributed by atoms with E-state index < -0.39 is 17.8 Å². The largest absolute Gasteiger partial charge is 0.481 e. The Bertz CT molecular complexity index is 665. The minimum Gasteiger partial charge on any atom is -0.481 e. The van der Waals surface area contributed by atoms with Gasteiger partial charge in [0.25, 0.3) is 5.91 Å². The maximum atomic E-state index is 12.4. The van der Waals surface area contributed by atoms with Crippen molar-refractivity contribution in [3.8, 4) is 0 Å². The Balaban J connectivity index is 2.01. The second kappa shape index (κ2) is 7.85. The van der Waals surface area contributed by atoms with Crippen LogP contribution in [0, 0.1) is 5.92 Å². The minimum absolute atomic E-state index is 0.145. The van der Waals surface area contributed by atoms with Crippen LogP contribution >= 0.6 is 23.2 Å². The fourth-order valence-electron chi connectivity index (χ4n) is 2.65. The van der Waals surface area contributed by atoms with Crippen molar-refractivity contribution in [1.82, 2.24) is 9.80 Å². The van der Waals surface area contributed by atoms with Crippen LogP contribution in [0.4, 0.5) is 0 Å². The number of amides is 2. The van der Waals surface area contributed by atoms with Crippen molar-refractivity contribution in [3.05, 3.63) is 33.8 Å². The van der Waals surface area contributed by atoms with Crippen LogP contribution in [0.2, 0.25) is 10.0 Å². The molecule has 0 bridgehead atoms. The molecular formula is C16H18Cl2N2O4. The third kappa shape index (κ3) is 4.39. The zero-order valence-corrected chi connectivity index (χ0v) is 14.7. The molecule has 1 heterocycles. The molecule has 0 aromatic heterocycles. The molecule has 8 heteroatoms. The first-order valence-corrected chi connectivity index (χ1v) is 8.26. The molecule has 0 spiro atoms. The predicted octanol–water partition coefficient (Wildman–Crippen LogP) is 2.39. The van der Waals surface area contributed by atoms with Crippen LogP contribution < -0.4 is 0 Å². The molecule has 6 nitrogen and oxygen atoms in total. The summed E-state index contributed by atoms with van der Waals surface area (Å²) in [7, 11) is 1.50. The minimum atomic E-state index is -0.900. The van der Waals surface area contributed by atoms with Gasteiger partial charge in [-0.2, -0.15) is 0 Å². The number of carbonyl (C=O) groups excluding carboxylic acids is 2. The topological polar surface area (TPSA) is 77.9 Å². The van der Waals surface area contributed by atoms with Crippen molar-refractivity contribution in [3.63, 3.8) is 0 Å². The van der Waals surface area contributed by atoms with Crippen molar-refractivity contribution in [2.75, 3.05) is 26.7 Å². The van der Waals surface area contributed by atoms with Gasteiger partial charge in [-0.25, -0.2) is 0 Å². The van der Waals surface area contributed by atoms with Gasteiger partial charge in [0.05, 0.1) is 23.0 Å². The average Bonchev–Trinajstić information content (AvgIpc) is 2.56. The number of piperidine rings is 1. The number of carboxylic acids is 1. The van der Waals surface area contributed by atoms with E-state index in [1.807, 2.05) is 0 Å². The number of nitrogens with zero attached hydrogens (tertiary/aromatic N) is 2. The smallest absolute Gasteiger partial charge is 0.308 e. The molecule has 0 radical (unpaired) electrons. The maximum absolute atomic E-state index is 12.4. The van der Waals surface area contributed by atoms with Crippen LogP contribution in [0.15, 0.2) is 18.2 Å². The summed E-state index contributed by atoms with van der Waals surface area (Å²) >= 11 is 11.9. The molecule has 1 aliphatic rings. The lowest BCUT2D eigenvalue weighted by atomic mass is 9.98. The monoisotopic (exact) mass is 372 g/mol. The molecule has 130 valence electrons. The van der Waals surface area contributed by atoms with Crippen LogP contribution in [-0.2, 0) is 9.59 Å². The number of hydrogen-bond acceptors (Lipinski definition) is 3. The van der Waals surface area contributed by atoms with Gasteiger partial charge in [0.1, 0.15) is 0 Å². The van der Waals surface area contributed by atoms with E-state index in [1.165, 1.54) is 29.0 Å². The van der Waals surface area contributed by atoms with Gasteiger partial charge < -0.3 is 14.9 Å². The van der Waals surface area contributed by atoms with Crippen molar-refractivity contribution in [2.24, 2.45) is 5.92 Å². The van der Waals surface area contributed by atoms with Gasteiger partial charge in [-0.3, -0.25) is 14.4 Å². The van der Waals surface area contributed by atoms with Crippen molar-refractivity contribution >= 4 is 41.0 Å². The van der Waals surface area contributed by atoms with E-state index in [4.69, 9.17) is 28.3 Å². The Morgan fingerprint density at radius 3 is 2.71 bits per heavy atom. The lowest BCUT2D eigenvalue weighted by molar-refractivity contribution is -0.145. The van der Waals surface area contributed by atoms with E-state index in [1.54, 1.807) is 6.07 Å². The third-order valence-corrected chi connectivity index (χ3v) is 4.57. The summed E-state index contributed by atoms with van der Waals surface area (Å²) < 4.78 is 0. The predicted molar refractivity (Wildman–Crippen MR) is 90.4 cm³/mol. The molecule has 2 rings (SSSR count). The van der Waals surface area contributed by atoms with Crippen molar-refractivity contribution in [2.45, 2.75) is 12.8 Å². The van der Waals surface area contributed by atoms with Crippen molar-refractivity contribution < 1.29 is 19.5 Å². The van der Waals surface area contributed by atoms with E-state index in [9.17, 15) is 14.4 Å². The lowest BCUT2D eigenvalue weighted by Crippen LogP contribution is -2.46. The summed E-state index contributed by atoms with van der Waals surface area (Å²) in [5.74, 6) is -2.15. The molecule has 24 heavy (non-hydrogen) atoms. The number of benzene rings is 1. The molecule has 1 saturated heterocycles. The molecule has 1 fully saturated rings. The fraction of sp³-hybridized carbons (Fsp3) is 0.438. The molecule has 1 N–H and O–H groups in total. The molecule has 1 aromatic rings. The first-order valence-electron chi connectivity index (χ1n) is 7.50. The molecule has 0 aliphatic carbocycles. The van der Waals surface area contributed by atoms with E-state index >= 15 is 0 Å². The van der Waals surface area contributed by atoms with Crippen LogP contribution in [0.5, 0.6) is 0 Å². The lowest BCUT2D eigenvalue weighted by Gasteiger charge is -2.32. The zero-order valence-electron chi connectivity index (χ0n) is 13.2. The summed E-state index contributed by atoms with van der Waals surface area (Å²) in [4.78, 5) is 38.6. The number of carboxylic acid groups (broad SMARTS) is 1. The number of likely N-dealkylation sites (N-methyl/N-ethyl adjacent to an activating group) is 1. The number of halogens is 2. The normalized spacial score (nSPS) is 17.5. The zero-order chi connectivity index (χ0) is 17.9. The number of rotatable bonds is 4. The van der Waals surface area contributed by atoms with Gasteiger partial charge in [-0.1, -0.05) is 23.2 Å². The summed E-state index contributed by atoms with van der Waals surface area (Å²) in [6.07, 6.45) is 1.20. The second-order valence-corrected chi connectivity index (χ2v) is 6.65. The Kier molecular flexibility index (Phi) is 6.07. The summed E-state index contributed by atoms with van der Waals surface area (Å²) in [6.45, 7) is 0.532. The Hall–Kier alpha value is -1.79. The average molecular weight is 373 g/mol. The van der Waals surface area contributed by atoms with E-state index in [-0.39, 0.29) is 29.6 Å². The molecule has 1 aromatic carbocycles. The quantitative estimate of drug-likeness (QED) is 0.879. The summed E-state index contributed by atoms with van der Waals surface area (Å²) in [5, 5.41) is 9.72. The highest BCUT2D eigenvalue weighted by Gasteiger charge is 2.29. The molecule has 1 aliphatic heterocycles. The molecular weight excluding hydrogens is 355 g/mol. The van der Waals surface area contributed by atoms with Gasteiger partial charge in [0.2, 0.25) is 5.91 Å². The van der Waals surface area contributed by atoms with E-state index in [0.717, 1.165) is 0 Å². The van der Waals surface area contributed by atoms with Gasteiger partial charge in [-0.15, -0.1) is 0 Å². The molecule has 1 atom stereocenters. The number of hydrogen-bond donors (Lipinski definition) is 1. The van der Waals surface area contributed by atoms with Crippen LogP contribution in [0.1, 0.15) is 23.2 Å². The molecule has 2 amide bonds. The second-order valence-electron chi connectivity index (χ2n) is 5.80. The van der Waals surface area contributed by atoms with Crippen molar-refractivity contribution in [1.29, 1.82) is 0 Å². The van der Waals surface area contributed by atoms with Crippen LogP contribution in [0.3, 0.4) is 0 Å². The summed E-state index contributed by atoms with van der Waals surface area (Å²) in [5.41, 5.74) is 0.224. The number of carbonyl (C=O) groups is 3. The highest BCUT2D eigenvalue weighted by Crippen LogP contribution is 2.22.